The number of likely N-dealkylation sites (tertiary alicyclic amines) is 1. The van der Waals surface area contributed by atoms with Crippen LogP contribution in [0.3, 0.4) is 0 Å². The number of fused-ring (bicyclic) bond motifs is 1. The van der Waals surface area contributed by atoms with Gasteiger partial charge in [0.1, 0.15) is 29.6 Å². The first-order valence-corrected chi connectivity index (χ1v) is 23.2. The maximum atomic E-state index is 15.6. The van der Waals surface area contributed by atoms with Crippen LogP contribution in [0.15, 0.2) is 35.7 Å². The number of hydrogen-bond acceptors (Lipinski definition) is 13. The third-order valence-electron chi connectivity index (χ3n) is 11.2. The van der Waals surface area contributed by atoms with Crippen LogP contribution in [0.5, 0.6) is 11.5 Å². The number of aliphatic carboxylic acids is 2. The number of phenols is 1. The van der Waals surface area contributed by atoms with Crippen molar-refractivity contribution >= 4 is 46.7 Å². The quantitative estimate of drug-likeness (QED) is 0.0579. The molecule has 0 unspecified atom stereocenters. The number of amides is 3. The molecule has 2 fully saturated rings. The highest BCUT2D eigenvalue weighted by Gasteiger charge is 2.42. The number of nitrogens with zero attached hydrogens (tertiary/aromatic N) is 4. The van der Waals surface area contributed by atoms with Crippen molar-refractivity contribution < 1.29 is 88.6 Å². The Kier molecular flexibility index (Phi) is 21.7. The van der Waals surface area contributed by atoms with Crippen LogP contribution in [0.1, 0.15) is 71.2 Å². The molecule has 1 aromatic heterocycles. The van der Waals surface area contributed by atoms with Gasteiger partial charge < -0.3 is 50.0 Å². The number of carboxylic acid groups (broad SMARTS) is 2. The van der Waals surface area contributed by atoms with Crippen LogP contribution in [-0.4, -0.2) is 168 Å². The van der Waals surface area contributed by atoms with E-state index in [1.807, 2.05) is 22.4 Å². The number of piperidine rings is 1. The number of aromatic nitrogens is 1. The van der Waals surface area contributed by atoms with E-state index in [1.165, 1.54) is 22.3 Å². The van der Waals surface area contributed by atoms with Crippen molar-refractivity contribution in [1.82, 2.24) is 25.0 Å². The Morgan fingerprint density at radius 3 is 2.23 bits per heavy atom. The summed E-state index contributed by atoms with van der Waals surface area (Å²) in [5.41, 5.74) is 2.34. The zero-order valence-electron chi connectivity index (χ0n) is 38.8. The molecule has 3 aliphatic heterocycles. The van der Waals surface area contributed by atoms with Crippen LogP contribution in [0, 0.1) is 5.82 Å². The molecule has 71 heavy (non-hydrogen) atoms. The van der Waals surface area contributed by atoms with Crippen molar-refractivity contribution in [2.75, 3.05) is 90.8 Å². The van der Waals surface area contributed by atoms with E-state index in [9.17, 15) is 50.2 Å². The summed E-state index contributed by atoms with van der Waals surface area (Å²) in [4.78, 5) is 65.7. The summed E-state index contributed by atoms with van der Waals surface area (Å²) < 4.78 is 110. The molecule has 17 nitrogen and oxygen atoms in total. The van der Waals surface area contributed by atoms with Crippen molar-refractivity contribution in [3.63, 3.8) is 0 Å². The van der Waals surface area contributed by atoms with E-state index in [1.54, 1.807) is 12.1 Å². The second-order valence-electron chi connectivity index (χ2n) is 16.7. The van der Waals surface area contributed by atoms with Gasteiger partial charge >= 0.3 is 24.3 Å². The Hall–Kier alpha value is -5.70. The zero-order valence-corrected chi connectivity index (χ0v) is 39.6. The van der Waals surface area contributed by atoms with E-state index < -0.39 is 36.6 Å². The molecule has 3 aromatic rings. The number of hydrogen-bond donors (Lipinski definition) is 5. The highest BCUT2D eigenvalue weighted by molar-refractivity contribution is 7.09. The monoisotopic (exact) mass is 1040 g/mol. The molecule has 2 saturated heterocycles. The molecule has 6 rings (SSSR count). The lowest BCUT2D eigenvalue weighted by molar-refractivity contribution is -0.193. The fraction of sp³-hybridized carbons (Fsp3) is 0.556. The molecule has 4 heterocycles. The van der Waals surface area contributed by atoms with Crippen molar-refractivity contribution in [2.24, 2.45) is 0 Å². The van der Waals surface area contributed by atoms with Gasteiger partial charge in [-0.25, -0.2) is 23.4 Å². The number of benzene rings is 2. The Morgan fingerprint density at radius 2 is 1.61 bits per heavy atom. The molecule has 5 N–H and O–H groups in total. The predicted octanol–water partition coefficient (Wildman–Crippen LogP) is 5.80. The summed E-state index contributed by atoms with van der Waals surface area (Å²) >= 11 is 1.52. The number of ether oxygens (including phenoxy) is 3. The second kappa shape index (κ2) is 26.7. The summed E-state index contributed by atoms with van der Waals surface area (Å²) in [6.07, 6.45) is -7.68. The molecule has 3 amide bonds. The fourth-order valence-corrected chi connectivity index (χ4v) is 8.29. The smallest absolute Gasteiger partial charge is 0.490 e. The van der Waals surface area contributed by atoms with Crippen molar-refractivity contribution in [1.29, 1.82) is 0 Å². The van der Waals surface area contributed by atoms with Gasteiger partial charge in [0.25, 0.3) is 11.8 Å². The molecule has 3 aliphatic rings. The molecule has 0 bridgehead atoms. The highest BCUT2D eigenvalue weighted by atomic mass is 32.1. The molecule has 0 radical (unpaired) electrons. The number of carbonyl (C=O) groups excluding carboxylic acids is 3. The van der Waals surface area contributed by atoms with E-state index in [-0.39, 0.29) is 73.7 Å². The van der Waals surface area contributed by atoms with Gasteiger partial charge in [0.2, 0.25) is 5.91 Å². The van der Waals surface area contributed by atoms with Crippen LogP contribution < -0.4 is 15.4 Å². The third-order valence-corrected chi connectivity index (χ3v) is 12.4. The van der Waals surface area contributed by atoms with Gasteiger partial charge in [-0.15, -0.1) is 11.3 Å². The Bertz CT molecular complexity index is 2250. The first kappa shape index (κ1) is 57.9. The van der Waals surface area contributed by atoms with E-state index >= 15 is 4.39 Å². The fourth-order valence-electron chi connectivity index (χ4n) is 7.48. The predicted molar refractivity (Wildman–Crippen MR) is 240 cm³/mol. The first-order valence-electron chi connectivity index (χ1n) is 22.3. The number of nitrogens with one attached hydrogen (secondary N) is 2. The second-order valence-corrected chi connectivity index (χ2v) is 17.6. The number of carboxylic acids is 2. The minimum Gasteiger partial charge on any atom is -0.506 e. The number of rotatable bonds is 18. The lowest BCUT2D eigenvalue weighted by Crippen LogP contribution is -2.58. The molecule has 394 valence electrons. The van der Waals surface area contributed by atoms with Crippen LogP contribution in [0.25, 0.3) is 0 Å². The van der Waals surface area contributed by atoms with Crippen LogP contribution >= 0.6 is 11.3 Å². The van der Waals surface area contributed by atoms with Crippen LogP contribution in [0.2, 0.25) is 0 Å². The molecule has 0 aliphatic carbocycles. The number of thiazole rings is 1. The lowest BCUT2D eigenvalue weighted by Gasteiger charge is -2.47. The summed E-state index contributed by atoms with van der Waals surface area (Å²) in [6, 6.07) is 8.66. The molecule has 0 saturated carbocycles. The molecule has 2 aromatic carbocycles. The number of phenolic OH excluding ortho intramolecular Hbond substituents is 1. The maximum absolute atomic E-state index is 15.6. The first-order chi connectivity index (χ1) is 33.4. The van der Waals surface area contributed by atoms with E-state index in [0.717, 1.165) is 36.5 Å². The van der Waals surface area contributed by atoms with Gasteiger partial charge in [-0.3, -0.25) is 19.3 Å². The normalized spacial score (nSPS) is 15.6. The number of alkyl halides is 7. The van der Waals surface area contributed by atoms with Crippen molar-refractivity contribution in [3.05, 3.63) is 68.9 Å². The van der Waals surface area contributed by atoms with Gasteiger partial charge in [-0.1, -0.05) is 38.1 Å². The average molecular weight is 1040 g/mol. The Balaban J connectivity index is 0.000000683. The number of halogens is 8. The molecule has 1 spiro atoms. The summed E-state index contributed by atoms with van der Waals surface area (Å²) in [5, 5.41) is 33.0. The molecule has 26 heteroatoms. The number of carbonyl (C=O) groups is 5. The molecular weight excluding hydrogens is 985 g/mol. The third kappa shape index (κ3) is 17.8. The molecule has 0 atom stereocenters. The Morgan fingerprint density at radius 1 is 0.944 bits per heavy atom. The van der Waals surface area contributed by atoms with Gasteiger partial charge in [0.15, 0.2) is 12.4 Å². The van der Waals surface area contributed by atoms with E-state index in [2.05, 4.69) is 34.4 Å². The summed E-state index contributed by atoms with van der Waals surface area (Å²) in [7, 11) is 0. The number of morpholine rings is 1. The maximum Gasteiger partial charge on any atom is 0.490 e. The van der Waals surface area contributed by atoms with Crippen molar-refractivity contribution in [2.45, 2.75) is 76.4 Å². The van der Waals surface area contributed by atoms with Crippen LogP contribution in [-0.2, 0) is 48.0 Å². The average Bonchev–Trinajstić information content (AvgIpc) is 3.82. The summed E-state index contributed by atoms with van der Waals surface area (Å²) in [6.45, 7) is 8.50. The standard InChI is InChI=1S/C41H54F2N6O7S.2C2HF3O2/c1-28(2)39-45-32(26-57-39)40(53)49-20-23-56-41(27-49)11-16-47(17-12-41)24-31-5-3-4-29(36(31)43)9-21-54-22-10-35(52)48(18-13-42)19-15-44-14-8-30-6-7-33(50)37-38(30)55-25-34(51)46-37;2*3-2(4,5)1(6)7/h3-7,26,28,44,50H,8-25,27H2,1-2H3,(H,46,51);2*(H,6,7). The zero-order chi connectivity index (χ0) is 52.5. The van der Waals surface area contributed by atoms with Gasteiger partial charge in [-0.2, -0.15) is 26.3 Å². The molecular formula is C45H56F8N6O11S. The van der Waals surface area contributed by atoms with Gasteiger partial charge in [0, 0.05) is 62.7 Å². The minimum atomic E-state index is -5.08. The number of anilines is 1. The SMILES string of the molecule is CC(C)c1nc(C(=O)N2CCOC3(CCN(Cc4cccc(CCOCCC(=O)N(CCF)CCNCCc5ccc(O)c6c5OCC(=O)N6)c4F)CC3)C2)cs1.O=C(O)C(F)(F)F.O=C(O)C(F)(F)F. The summed E-state index contributed by atoms with van der Waals surface area (Å²) in [5.74, 6) is -5.71. The topological polar surface area (TPSA) is 220 Å². The highest BCUT2D eigenvalue weighted by Crippen LogP contribution is 2.39. The van der Waals surface area contributed by atoms with Crippen LogP contribution in [0.4, 0.5) is 40.8 Å². The minimum absolute atomic E-state index is 0.0206. The van der Waals surface area contributed by atoms with Gasteiger partial charge in [-0.05, 0) is 49.4 Å². The van der Waals surface area contributed by atoms with Gasteiger partial charge in [0.05, 0.1) is 43.4 Å². The van der Waals surface area contributed by atoms with Crippen molar-refractivity contribution in [3.8, 4) is 11.5 Å². The van der Waals surface area contributed by atoms with E-state index in [0.29, 0.717) is 81.3 Å². The lowest BCUT2D eigenvalue weighted by atomic mass is 9.89. The number of aromatic hydroxyl groups is 1. The Labute approximate surface area is 407 Å². The van der Waals surface area contributed by atoms with E-state index in [4.69, 9.17) is 34.0 Å². The largest absolute Gasteiger partial charge is 0.506 e.